The molecule has 2 rings (SSSR count). The fraction of sp³-hybridized carbons (Fsp3) is 0. The van der Waals surface area contributed by atoms with Gasteiger partial charge < -0.3 is 4.55 Å². The van der Waals surface area contributed by atoms with Crippen LogP contribution in [0.4, 0.5) is 0 Å². The molecular formula is C14H12O2S. The first-order chi connectivity index (χ1) is 8.27. The summed E-state index contributed by atoms with van der Waals surface area (Å²) in [6.45, 7) is 0. The van der Waals surface area contributed by atoms with Crippen molar-refractivity contribution in [2.24, 2.45) is 0 Å². The maximum absolute atomic E-state index is 11.1. The highest BCUT2D eigenvalue weighted by Crippen LogP contribution is 2.15. The molecule has 1 unspecified atom stereocenters. The van der Waals surface area contributed by atoms with Crippen molar-refractivity contribution in [1.29, 1.82) is 0 Å². The van der Waals surface area contributed by atoms with Gasteiger partial charge in [-0.1, -0.05) is 60.7 Å². The maximum Gasteiger partial charge on any atom is 0.187 e. The van der Waals surface area contributed by atoms with Crippen molar-refractivity contribution in [3.05, 3.63) is 65.7 Å². The van der Waals surface area contributed by atoms with Gasteiger partial charge in [-0.3, -0.25) is 0 Å². The van der Waals surface area contributed by atoms with E-state index in [2.05, 4.69) is 0 Å². The lowest BCUT2D eigenvalue weighted by Crippen LogP contribution is -1.91. The summed E-state index contributed by atoms with van der Waals surface area (Å²) in [5, 5.41) is 0. The van der Waals surface area contributed by atoms with Gasteiger partial charge in [0.25, 0.3) is 0 Å². The molecule has 3 heteroatoms. The molecule has 1 atom stereocenters. The Morgan fingerprint density at radius 2 is 1.53 bits per heavy atom. The number of hydrogen-bond donors (Lipinski definition) is 1. The van der Waals surface area contributed by atoms with Gasteiger partial charge in [0.05, 0.1) is 4.90 Å². The van der Waals surface area contributed by atoms with Crippen LogP contribution in [-0.4, -0.2) is 8.76 Å². The van der Waals surface area contributed by atoms with Crippen LogP contribution in [-0.2, 0) is 11.1 Å². The van der Waals surface area contributed by atoms with E-state index in [0.717, 1.165) is 11.1 Å². The first-order valence-corrected chi connectivity index (χ1v) is 6.31. The van der Waals surface area contributed by atoms with Crippen LogP contribution in [0.2, 0.25) is 0 Å². The van der Waals surface area contributed by atoms with Crippen molar-refractivity contribution in [1.82, 2.24) is 0 Å². The second kappa shape index (κ2) is 5.57. The number of benzene rings is 2. The Morgan fingerprint density at radius 3 is 2.24 bits per heavy atom. The Hall–Kier alpha value is -1.71. The molecule has 0 fully saturated rings. The molecule has 0 spiro atoms. The summed E-state index contributed by atoms with van der Waals surface area (Å²) in [5.41, 5.74) is 1.82. The van der Waals surface area contributed by atoms with Crippen molar-refractivity contribution < 1.29 is 8.76 Å². The van der Waals surface area contributed by atoms with Crippen LogP contribution in [0.25, 0.3) is 12.2 Å². The summed E-state index contributed by atoms with van der Waals surface area (Å²) in [6, 6.07) is 16.9. The first-order valence-electron chi connectivity index (χ1n) is 5.20. The minimum absolute atomic E-state index is 0.430. The van der Waals surface area contributed by atoms with Gasteiger partial charge >= 0.3 is 0 Å². The molecule has 2 nitrogen and oxygen atoms in total. The summed E-state index contributed by atoms with van der Waals surface area (Å²) < 4.78 is 20.3. The van der Waals surface area contributed by atoms with Crippen molar-refractivity contribution in [2.75, 3.05) is 0 Å². The molecule has 0 radical (unpaired) electrons. The fourth-order valence-corrected chi connectivity index (χ4v) is 2.06. The van der Waals surface area contributed by atoms with E-state index in [1.165, 1.54) is 0 Å². The van der Waals surface area contributed by atoms with Gasteiger partial charge in [-0.25, -0.2) is 4.21 Å². The van der Waals surface area contributed by atoms with Crippen molar-refractivity contribution >= 4 is 23.2 Å². The van der Waals surface area contributed by atoms with Gasteiger partial charge in [-0.2, -0.15) is 0 Å². The summed E-state index contributed by atoms with van der Waals surface area (Å²) in [7, 11) is 0. The zero-order chi connectivity index (χ0) is 12.1. The average Bonchev–Trinajstić information content (AvgIpc) is 2.38. The molecule has 2 aromatic rings. The Kier molecular flexibility index (Phi) is 3.85. The second-order valence-electron chi connectivity index (χ2n) is 3.53. The van der Waals surface area contributed by atoms with Gasteiger partial charge in [-0.15, -0.1) is 0 Å². The average molecular weight is 244 g/mol. The molecule has 0 bridgehead atoms. The molecule has 0 amide bonds. The predicted octanol–water partition coefficient (Wildman–Crippen LogP) is 3.44. The van der Waals surface area contributed by atoms with E-state index >= 15 is 0 Å². The SMILES string of the molecule is O=S(O)c1ccccc1C=Cc1ccccc1. The zero-order valence-electron chi connectivity index (χ0n) is 9.11. The number of rotatable bonds is 3. The molecule has 0 saturated carbocycles. The third-order valence-electron chi connectivity index (χ3n) is 2.36. The van der Waals surface area contributed by atoms with Crippen LogP contribution >= 0.6 is 0 Å². The Bertz CT molecular complexity index is 547. The van der Waals surface area contributed by atoms with Crippen LogP contribution in [0.1, 0.15) is 11.1 Å². The van der Waals surface area contributed by atoms with E-state index < -0.39 is 11.1 Å². The summed E-state index contributed by atoms with van der Waals surface area (Å²) >= 11 is -1.95. The largest absolute Gasteiger partial charge is 0.302 e. The van der Waals surface area contributed by atoms with Crippen molar-refractivity contribution in [3.63, 3.8) is 0 Å². The molecule has 0 aliphatic carbocycles. The molecular weight excluding hydrogens is 232 g/mol. The topological polar surface area (TPSA) is 37.3 Å². The zero-order valence-corrected chi connectivity index (χ0v) is 9.93. The normalized spacial score (nSPS) is 12.8. The van der Waals surface area contributed by atoms with Crippen LogP contribution in [0.3, 0.4) is 0 Å². The lowest BCUT2D eigenvalue weighted by atomic mass is 10.1. The van der Waals surface area contributed by atoms with Gasteiger partial charge in [0, 0.05) is 0 Å². The Labute approximate surface area is 103 Å². The first kappa shape index (κ1) is 11.8. The van der Waals surface area contributed by atoms with Crippen molar-refractivity contribution in [2.45, 2.75) is 4.90 Å². The van der Waals surface area contributed by atoms with E-state index in [0.29, 0.717) is 4.90 Å². The van der Waals surface area contributed by atoms with E-state index in [-0.39, 0.29) is 0 Å². The van der Waals surface area contributed by atoms with E-state index in [9.17, 15) is 4.21 Å². The lowest BCUT2D eigenvalue weighted by molar-refractivity contribution is 0.564. The lowest BCUT2D eigenvalue weighted by Gasteiger charge is -2.00. The standard InChI is InChI=1S/C14H12O2S/c15-17(16)14-9-5-4-8-13(14)11-10-12-6-2-1-3-7-12/h1-11H,(H,15,16). The molecule has 0 saturated heterocycles. The Balaban J connectivity index is 2.30. The van der Waals surface area contributed by atoms with Crippen LogP contribution < -0.4 is 0 Å². The van der Waals surface area contributed by atoms with E-state index in [4.69, 9.17) is 4.55 Å². The molecule has 0 aliphatic heterocycles. The fourth-order valence-electron chi connectivity index (χ4n) is 1.53. The molecule has 0 aliphatic rings. The smallest absolute Gasteiger partial charge is 0.187 e. The van der Waals surface area contributed by atoms with Gasteiger partial charge in [0.1, 0.15) is 0 Å². The highest BCUT2D eigenvalue weighted by atomic mass is 32.2. The highest BCUT2D eigenvalue weighted by Gasteiger charge is 2.03. The van der Waals surface area contributed by atoms with Crippen LogP contribution in [0.15, 0.2) is 59.5 Å². The van der Waals surface area contributed by atoms with Crippen LogP contribution in [0.5, 0.6) is 0 Å². The molecule has 0 aromatic heterocycles. The molecule has 86 valence electrons. The molecule has 2 aromatic carbocycles. The van der Waals surface area contributed by atoms with Gasteiger partial charge in [0.15, 0.2) is 11.1 Å². The maximum atomic E-state index is 11.1. The monoisotopic (exact) mass is 244 g/mol. The van der Waals surface area contributed by atoms with E-state index in [1.807, 2.05) is 54.6 Å². The summed E-state index contributed by atoms with van der Waals surface area (Å²) in [6.07, 6.45) is 3.77. The minimum Gasteiger partial charge on any atom is -0.302 e. The van der Waals surface area contributed by atoms with Gasteiger partial charge in [0.2, 0.25) is 0 Å². The second-order valence-corrected chi connectivity index (χ2v) is 4.47. The third kappa shape index (κ3) is 3.12. The molecule has 0 heterocycles. The summed E-state index contributed by atoms with van der Waals surface area (Å²) in [5.74, 6) is 0. The summed E-state index contributed by atoms with van der Waals surface area (Å²) in [4.78, 5) is 0.430. The minimum atomic E-state index is -1.95. The Morgan fingerprint density at radius 1 is 0.882 bits per heavy atom. The molecule has 1 N–H and O–H groups in total. The van der Waals surface area contributed by atoms with Crippen molar-refractivity contribution in [3.8, 4) is 0 Å². The third-order valence-corrected chi connectivity index (χ3v) is 3.11. The van der Waals surface area contributed by atoms with E-state index in [1.54, 1.807) is 12.1 Å². The number of hydrogen-bond acceptors (Lipinski definition) is 1. The highest BCUT2D eigenvalue weighted by molar-refractivity contribution is 7.79. The quantitative estimate of drug-likeness (QED) is 0.663. The van der Waals surface area contributed by atoms with Crippen LogP contribution in [0, 0.1) is 0 Å². The molecule has 17 heavy (non-hydrogen) atoms. The predicted molar refractivity (Wildman–Crippen MR) is 70.8 cm³/mol. The van der Waals surface area contributed by atoms with Gasteiger partial charge in [-0.05, 0) is 17.2 Å².